The van der Waals surface area contributed by atoms with Gasteiger partial charge in [-0.3, -0.25) is 0 Å². The molecule has 8 nitrogen and oxygen atoms in total. The van der Waals surface area contributed by atoms with Crippen LogP contribution in [0.15, 0.2) is 30.5 Å². The van der Waals surface area contributed by atoms with E-state index in [-0.39, 0.29) is 11.7 Å². The number of esters is 1. The quantitative estimate of drug-likeness (QED) is 0.580. The van der Waals surface area contributed by atoms with Crippen LogP contribution in [0.25, 0.3) is 0 Å². The van der Waals surface area contributed by atoms with Crippen molar-refractivity contribution in [2.75, 3.05) is 43.5 Å². The predicted octanol–water partition coefficient (Wildman–Crippen LogP) is 2.86. The molecule has 31 heavy (non-hydrogen) atoms. The van der Waals surface area contributed by atoms with E-state index in [4.69, 9.17) is 4.74 Å². The number of aryl methyl sites for hydroxylation is 1. The fraction of sp³-hybridized carbons (Fsp3) is 0.455. The zero-order valence-electron chi connectivity index (χ0n) is 18.9. The Kier molecular flexibility index (Phi) is 6.94. The number of nitrogens with zero attached hydrogens (tertiary/aromatic N) is 4. The molecule has 9 heteroatoms. The molecule has 166 valence electrons. The molecule has 1 aromatic carbocycles. The lowest BCUT2D eigenvalue weighted by Gasteiger charge is -2.24. The molecule has 0 bridgehead atoms. The van der Waals surface area contributed by atoms with E-state index in [1.807, 2.05) is 24.0 Å². The molecule has 2 aromatic rings. The number of hydrogen-bond donors (Lipinski definition) is 1. The van der Waals surface area contributed by atoms with Gasteiger partial charge in [-0.2, -0.15) is 0 Å². The van der Waals surface area contributed by atoms with Crippen LogP contribution < -0.4 is 15.4 Å². The molecule has 0 radical (unpaired) electrons. The van der Waals surface area contributed by atoms with E-state index < -0.39 is 14.0 Å². The third kappa shape index (κ3) is 5.60. The molecule has 1 aliphatic rings. The molecule has 0 aliphatic carbocycles. The van der Waals surface area contributed by atoms with Crippen LogP contribution in [-0.4, -0.2) is 68.2 Å². The average Bonchev–Trinajstić information content (AvgIpc) is 2.99. The van der Waals surface area contributed by atoms with Crippen molar-refractivity contribution >= 4 is 36.8 Å². The average molecular weight is 442 g/mol. The lowest BCUT2D eigenvalue weighted by Crippen LogP contribution is -2.39. The largest absolute Gasteiger partial charge is 0.464 e. The Morgan fingerprint density at radius 3 is 2.39 bits per heavy atom. The molecule has 1 N–H and O–H groups in total. The Morgan fingerprint density at radius 1 is 1.06 bits per heavy atom. The first-order valence-electron chi connectivity index (χ1n) is 10.5. The molecule has 1 fully saturated rings. The van der Waals surface area contributed by atoms with Crippen LogP contribution >= 0.6 is 0 Å². The van der Waals surface area contributed by atoms with E-state index in [0.717, 1.165) is 24.5 Å². The van der Waals surface area contributed by atoms with E-state index >= 15 is 0 Å². The molecule has 0 unspecified atom stereocenters. The molecule has 0 atom stereocenters. The number of urea groups is 1. The van der Waals surface area contributed by atoms with Crippen LogP contribution in [0.3, 0.4) is 0 Å². The maximum Gasteiger partial charge on any atom is 0.358 e. The number of benzene rings is 1. The summed E-state index contributed by atoms with van der Waals surface area (Å²) in [5.74, 6) is 0.232. The summed E-state index contributed by atoms with van der Waals surface area (Å²) in [4.78, 5) is 37.1. The summed E-state index contributed by atoms with van der Waals surface area (Å²) in [6.45, 7) is 11.4. The highest BCUT2D eigenvalue weighted by atomic mass is 28.3. The minimum atomic E-state index is -1.36. The summed E-state index contributed by atoms with van der Waals surface area (Å²) >= 11 is 0. The summed E-state index contributed by atoms with van der Waals surface area (Å²) in [6.07, 6.45) is 2.26. The number of nitrogens with one attached hydrogen (secondary N) is 1. The molecule has 0 saturated carbocycles. The first-order valence-corrected chi connectivity index (χ1v) is 14.0. The summed E-state index contributed by atoms with van der Waals surface area (Å²) < 4.78 is 4.70. The Balaban J connectivity index is 1.62. The van der Waals surface area contributed by atoms with Crippen LogP contribution in [0.5, 0.6) is 0 Å². The topological polar surface area (TPSA) is 87.7 Å². The van der Waals surface area contributed by atoms with Crippen molar-refractivity contribution < 1.29 is 14.3 Å². The van der Waals surface area contributed by atoms with Crippen LogP contribution in [0.2, 0.25) is 19.6 Å². The molecule has 1 saturated heterocycles. The predicted molar refractivity (Wildman–Crippen MR) is 125 cm³/mol. The van der Waals surface area contributed by atoms with Crippen molar-refractivity contribution in [3.8, 4) is 0 Å². The van der Waals surface area contributed by atoms with Crippen molar-refractivity contribution in [3.05, 3.63) is 41.9 Å². The van der Waals surface area contributed by atoms with Gasteiger partial charge in [0.1, 0.15) is 5.82 Å². The van der Waals surface area contributed by atoms with Crippen molar-refractivity contribution in [1.82, 2.24) is 14.9 Å². The minimum absolute atomic E-state index is 0.0913. The zero-order chi connectivity index (χ0) is 22.6. The van der Waals surface area contributed by atoms with E-state index in [2.05, 4.69) is 52.0 Å². The molecule has 3 rings (SSSR count). The first-order chi connectivity index (χ1) is 14.7. The smallest absolute Gasteiger partial charge is 0.358 e. The third-order valence-corrected chi connectivity index (χ3v) is 7.47. The van der Waals surface area contributed by atoms with Crippen LogP contribution in [0.1, 0.15) is 22.6 Å². The highest BCUT2D eigenvalue weighted by molar-refractivity contribution is 6.88. The Labute approximate surface area is 184 Å². The molecule has 1 aliphatic heterocycles. The lowest BCUT2D eigenvalue weighted by atomic mass is 10.3. The fourth-order valence-corrected chi connectivity index (χ4v) is 4.74. The van der Waals surface area contributed by atoms with Crippen molar-refractivity contribution in [1.29, 1.82) is 0 Å². The van der Waals surface area contributed by atoms with Crippen molar-refractivity contribution in [3.63, 3.8) is 0 Å². The number of carbonyl (C=O) groups is 2. The number of rotatable bonds is 4. The molecular weight excluding hydrogens is 410 g/mol. The summed E-state index contributed by atoms with van der Waals surface area (Å²) in [6, 6.07) is 8.11. The number of amides is 2. The molecular formula is C22H31N5O3Si. The number of anilines is 2. The van der Waals surface area contributed by atoms with E-state index in [9.17, 15) is 9.59 Å². The van der Waals surface area contributed by atoms with Crippen LogP contribution in [-0.2, 0) is 4.74 Å². The van der Waals surface area contributed by atoms with E-state index in [0.29, 0.717) is 25.3 Å². The van der Waals surface area contributed by atoms with E-state index in [1.165, 1.54) is 18.5 Å². The van der Waals surface area contributed by atoms with Gasteiger partial charge in [0, 0.05) is 31.9 Å². The highest BCUT2D eigenvalue weighted by Gasteiger charge is 2.22. The molecule has 2 heterocycles. The van der Waals surface area contributed by atoms with Gasteiger partial charge in [0.25, 0.3) is 0 Å². The molecule has 1 aromatic heterocycles. The number of hydrogen-bond acceptors (Lipinski definition) is 6. The highest BCUT2D eigenvalue weighted by Crippen LogP contribution is 2.18. The van der Waals surface area contributed by atoms with Gasteiger partial charge >= 0.3 is 12.0 Å². The zero-order valence-corrected chi connectivity index (χ0v) is 19.9. The second-order valence-corrected chi connectivity index (χ2v) is 13.8. The van der Waals surface area contributed by atoms with Crippen molar-refractivity contribution in [2.45, 2.75) is 33.0 Å². The van der Waals surface area contributed by atoms with Crippen LogP contribution in [0, 0.1) is 6.92 Å². The van der Waals surface area contributed by atoms with Gasteiger partial charge in [0.2, 0.25) is 0 Å². The second kappa shape index (κ2) is 9.46. The monoisotopic (exact) mass is 441 g/mol. The van der Waals surface area contributed by atoms with Gasteiger partial charge in [-0.1, -0.05) is 37.0 Å². The second-order valence-electron chi connectivity index (χ2n) is 8.74. The number of methoxy groups -OCH3 is 1. The van der Waals surface area contributed by atoms with Gasteiger partial charge in [-0.25, -0.2) is 19.6 Å². The van der Waals surface area contributed by atoms with Crippen LogP contribution in [0.4, 0.5) is 16.3 Å². The number of carbonyl (C=O) groups excluding carboxylic acids is 2. The first kappa shape index (κ1) is 22.7. The third-order valence-electron chi connectivity index (χ3n) is 5.40. The molecule has 0 spiro atoms. The standard InChI is InChI=1S/C22H31N5O3Si/c1-16-20(23-15-19(24-16)21(28)30-2)26-11-6-12-27(14-13-26)22(29)25-17-7-9-18(10-8-17)31(3,4)5/h7-10,15H,6,11-14H2,1-5H3,(H,25,29). The van der Waals surface area contributed by atoms with E-state index in [1.54, 1.807) is 0 Å². The number of aromatic nitrogens is 2. The number of ether oxygens (including phenoxy) is 1. The SMILES string of the molecule is COC(=O)c1cnc(N2CCCN(C(=O)Nc3ccc([Si](C)(C)C)cc3)CC2)c(C)n1. The van der Waals surface area contributed by atoms with Gasteiger partial charge in [0.05, 0.1) is 27.1 Å². The lowest BCUT2D eigenvalue weighted by molar-refractivity contribution is 0.0593. The normalized spacial score (nSPS) is 14.7. The Hall–Kier alpha value is -2.94. The fourth-order valence-electron chi connectivity index (χ4n) is 3.58. The summed E-state index contributed by atoms with van der Waals surface area (Å²) in [5, 5.41) is 4.38. The Bertz CT molecular complexity index is 943. The maximum atomic E-state index is 12.8. The molecule has 2 amide bonds. The van der Waals surface area contributed by atoms with Gasteiger partial charge in [-0.05, 0) is 25.5 Å². The summed E-state index contributed by atoms with van der Waals surface area (Å²) in [5.41, 5.74) is 1.68. The minimum Gasteiger partial charge on any atom is -0.464 e. The van der Waals surface area contributed by atoms with Gasteiger partial charge in [-0.15, -0.1) is 0 Å². The van der Waals surface area contributed by atoms with Gasteiger partial charge in [0.15, 0.2) is 5.69 Å². The van der Waals surface area contributed by atoms with Crippen molar-refractivity contribution in [2.24, 2.45) is 0 Å². The maximum absolute atomic E-state index is 12.8. The van der Waals surface area contributed by atoms with Gasteiger partial charge < -0.3 is 19.9 Å². The summed E-state index contributed by atoms with van der Waals surface area (Å²) in [7, 11) is -0.0355. The Morgan fingerprint density at radius 2 is 1.77 bits per heavy atom.